The van der Waals surface area contributed by atoms with Crippen molar-refractivity contribution in [2.24, 2.45) is 5.92 Å². The summed E-state index contributed by atoms with van der Waals surface area (Å²) in [6.07, 6.45) is 2.46. The van der Waals surface area contributed by atoms with E-state index >= 15 is 0 Å². The highest BCUT2D eigenvalue weighted by atomic mass is 16.5. The van der Waals surface area contributed by atoms with E-state index in [1.807, 2.05) is 6.07 Å². The fourth-order valence-electron chi connectivity index (χ4n) is 2.23. The first kappa shape index (κ1) is 17.0. The number of rotatable bonds is 10. The van der Waals surface area contributed by atoms with Gasteiger partial charge in [0.25, 0.3) is 0 Å². The van der Waals surface area contributed by atoms with Gasteiger partial charge < -0.3 is 14.8 Å². The van der Waals surface area contributed by atoms with Crippen molar-refractivity contribution < 1.29 is 9.47 Å². The lowest BCUT2D eigenvalue weighted by Gasteiger charge is -2.18. The van der Waals surface area contributed by atoms with Crippen LogP contribution < -0.4 is 10.1 Å². The van der Waals surface area contributed by atoms with Crippen LogP contribution in [0.15, 0.2) is 24.3 Å². The summed E-state index contributed by atoms with van der Waals surface area (Å²) in [6, 6.07) is 8.35. The fraction of sp³-hybridized carbons (Fsp3) is 0.647. The van der Waals surface area contributed by atoms with E-state index in [2.05, 4.69) is 44.3 Å². The Kier molecular flexibility index (Phi) is 8.31. The van der Waals surface area contributed by atoms with Crippen LogP contribution in [-0.2, 0) is 11.2 Å². The zero-order valence-corrected chi connectivity index (χ0v) is 13.3. The fourth-order valence-corrected chi connectivity index (χ4v) is 2.23. The molecule has 0 spiro atoms. The van der Waals surface area contributed by atoms with Crippen LogP contribution in [0.3, 0.4) is 0 Å². The summed E-state index contributed by atoms with van der Waals surface area (Å²) in [4.78, 5) is 0. The van der Waals surface area contributed by atoms with E-state index in [9.17, 15) is 0 Å². The van der Waals surface area contributed by atoms with Gasteiger partial charge in [-0.3, -0.25) is 0 Å². The van der Waals surface area contributed by atoms with Gasteiger partial charge in [-0.15, -0.1) is 0 Å². The smallest absolute Gasteiger partial charge is 0.119 e. The monoisotopic (exact) mass is 279 g/mol. The molecule has 0 radical (unpaired) electrons. The Morgan fingerprint density at radius 2 is 2.05 bits per heavy atom. The third-order valence-corrected chi connectivity index (χ3v) is 3.32. The number of methoxy groups -OCH3 is 1. The molecule has 0 aliphatic heterocycles. The number of ether oxygens (including phenoxy) is 2. The normalized spacial score (nSPS) is 12.7. The van der Waals surface area contributed by atoms with E-state index in [0.29, 0.717) is 12.0 Å². The maximum absolute atomic E-state index is 5.68. The lowest BCUT2D eigenvalue weighted by atomic mass is 9.96. The average Bonchev–Trinajstić information content (AvgIpc) is 2.44. The molecule has 3 nitrogen and oxygen atoms in total. The summed E-state index contributed by atoms with van der Waals surface area (Å²) in [6.45, 7) is 9.20. The van der Waals surface area contributed by atoms with Gasteiger partial charge in [0.15, 0.2) is 0 Å². The molecule has 0 saturated carbocycles. The number of hydrogen-bond acceptors (Lipinski definition) is 3. The van der Waals surface area contributed by atoms with Crippen LogP contribution in [0.2, 0.25) is 0 Å². The van der Waals surface area contributed by atoms with Crippen LogP contribution in [0.25, 0.3) is 0 Å². The zero-order chi connectivity index (χ0) is 14.8. The van der Waals surface area contributed by atoms with Crippen LogP contribution in [0.1, 0.15) is 32.8 Å². The largest absolute Gasteiger partial charge is 0.497 e. The molecule has 1 rings (SSSR count). The second-order valence-corrected chi connectivity index (χ2v) is 5.44. The van der Waals surface area contributed by atoms with Crippen LogP contribution >= 0.6 is 0 Å². The van der Waals surface area contributed by atoms with E-state index in [4.69, 9.17) is 9.47 Å². The first-order valence-corrected chi connectivity index (χ1v) is 7.61. The maximum Gasteiger partial charge on any atom is 0.119 e. The predicted molar refractivity (Wildman–Crippen MR) is 84.4 cm³/mol. The average molecular weight is 279 g/mol. The molecule has 1 aromatic rings. The van der Waals surface area contributed by atoms with Gasteiger partial charge in [-0.05, 0) is 63.4 Å². The summed E-state index contributed by atoms with van der Waals surface area (Å²) in [5, 5.41) is 3.45. The summed E-state index contributed by atoms with van der Waals surface area (Å²) in [7, 11) is 1.71. The highest BCUT2D eigenvalue weighted by molar-refractivity contribution is 5.28. The standard InChI is InChI=1S/C17H29NO2/c1-5-18-13-16(9-10-20-14(2)3)11-15-7-6-8-17(12-15)19-4/h6-8,12,14,16,18H,5,9-11,13H2,1-4H3. The molecule has 0 heterocycles. The van der Waals surface area contributed by atoms with E-state index in [-0.39, 0.29) is 0 Å². The van der Waals surface area contributed by atoms with Gasteiger partial charge in [0.05, 0.1) is 13.2 Å². The summed E-state index contributed by atoms with van der Waals surface area (Å²) < 4.78 is 11.0. The van der Waals surface area contributed by atoms with Gasteiger partial charge in [-0.25, -0.2) is 0 Å². The van der Waals surface area contributed by atoms with Crippen molar-refractivity contribution in [3.63, 3.8) is 0 Å². The van der Waals surface area contributed by atoms with Gasteiger partial charge >= 0.3 is 0 Å². The Balaban J connectivity index is 2.53. The molecule has 3 heteroatoms. The molecule has 1 N–H and O–H groups in total. The van der Waals surface area contributed by atoms with Crippen LogP contribution in [-0.4, -0.2) is 32.9 Å². The van der Waals surface area contributed by atoms with Crippen molar-refractivity contribution in [3.8, 4) is 5.75 Å². The van der Waals surface area contributed by atoms with Gasteiger partial charge in [-0.1, -0.05) is 19.1 Å². The van der Waals surface area contributed by atoms with Crippen LogP contribution in [0.5, 0.6) is 5.75 Å². The highest BCUT2D eigenvalue weighted by Gasteiger charge is 2.10. The maximum atomic E-state index is 5.68. The highest BCUT2D eigenvalue weighted by Crippen LogP contribution is 2.17. The Bertz CT molecular complexity index is 366. The van der Waals surface area contributed by atoms with Crippen LogP contribution in [0.4, 0.5) is 0 Å². The first-order valence-electron chi connectivity index (χ1n) is 7.61. The van der Waals surface area contributed by atoms with Crippen molar-refractivity contribution >= 4 is 0 Å². The van der Waals surface area contributed by atoms with Crippen molar-refractivity contribution in [3.05, 3.63) is 29.8 Å². The minimum absolute atomic E-state index is 0.312. The molecule has 0 aliphatic carbocycles. The SMILES string of the molecule is CCNCC(CCOC(C)C)Cc1cccc(OC)c1. The van der Waals surface area contributed by atoms with Crippen molar-refractivity contribution in [2.45, 2.75) is 39.7 Å². The van der Waals surface area contributed by atoms with Crippen molar-refractivity contribution in [2.75, 3.05) is 26.8 Å². The van der Waals surface area contributed by atoms with Gasteiger partial charge in [0, 0.05) is 6.61 Å². The van der Waals surface area contributed by atoms with Gasteiger partial charge in [0.2, 0.25) is 0 Å². The van der Waals surface area contributed by atoms with Crippen molar-refractivity contribution in [1.29, 1.82) is 0 Å². The molecule has 114 valence electrons. The molecular weight excluding hydrogens is 250 g/mol. The summed E-state index contributed by atoms with van der Waals surface area (Å²) >= 11 is 0. The molecule has 0 fully saturated rings. The second kappa shape index (κ2) is 9.78. The Morgan fingerprint density at radius 1 is 1.25 bits per heavy atom. The Hall–Kier alpha value is -1.06. The minimum atomic E-state index is 0.312. The lowest BCUT2D eigenvalue weighted by Crippen LogP contribution is -2.25. The quantitative estimate of drug-likeness (QED) is 0.713. The lowest BCUT2D eigenvalue weighted by molar-refractivity contribution is 0.0683. The van der Waals surface area contributed by atoms with E-state index < -0.39 is 0 Å². The number of benzene rings is 1. The number of nitrogens with one attached hydrogen (secondary N) is 1. The Morgan fingerprint density at radius 3 is 2.70 bits per heavy atom. The molecule has 1 atom stereocenters. The Labute approximate surface area is 123 Å². The van der Waals surface area contributed by atoms with E-state index in [1.54, 1.807) is 7.11 Å². The molecular formula is C17H29NO2. The molecule has 0 aromatic heterocycles. The topological polar surface area (TPSA) is 30.5 Å². The van der Waals surface area contributed by atoms with Gasteiger partial charge in [-0.2, -0.15) is 0 Å². The van der Waals surface area contributed by atoms with Crippen LogP contribution in [0, 0.1) is 5.92 Å². The number of hydrogen-bond donors (Lipinski definition) is 1. The molecule has 20 heavy (non-hydrogen) atoms. The van der Waals surface area contributed by atoms with E-state index in [1.165, 1.54) is 5.56 Å². The third-order valence-electron chi connectivity index (χ3n) is 3.32. The molecule has 0 aliphatic rings. The first-order chi connectivity index (χ1) is 9.65. The zero-order valence-electron chi connectivity index (χ0n) is 13.3. The third kappa shape index (κ3) is 6.92. The molecule has 0 saturated heterocycles. The molecule has 0 amide bonds. The van der Waals surface area contributed by atoms with E-state index in [0.717, 1.165) is 38.3 Å². The molecule has 1 unspecified atom stereocenters. The minimum Gasteiger partial charge on any atom is -0.497 e. The summed E-state index contributed by atoms with van der Waals surface area (Å²) in [5.74, 6) is 1.53. The molecule has 1 aromatic carbocycles. The molecule has 0 bridgehead atoms. The summed E-state index contributed by atoms with van der Waals surface area (Å²) in [5.41, 5.74) is 1.33. The van der Waals surface area contributed by atoms with Crippen molar-refractivity contribution in [1.82, 2.24) is 5.32 Å². The predicted octanol–water partition coefficient (Wildman–Crippen LogP) is 3.28. The van der Waals surface area contributed by atoms with Gasteiger partial charge in [0.1, 0.15) is 5.75 Å². The second-order valence-electron chi connectivity index (χ2n) is 5.44.